The molecule has 0 unspecified atom stereocenters. The van der Waals surface area contributed by atoms with E-state index < -0.39 is 0 Å². The number of hydroxylamine groups is 2. The normalized spacial score (nSPS) is 9.17. The Kier molecular flexibility index (Phi) is 7.19. The molecule has 0 aromatic heterocycles. The smallest absolute Gasteiger partial charge is 0.320 e. The highest BCUT2D eigenvalue weighted by Gasteiger charge is 2.03. The molecule has 0 N–H and O–H groups in total. The molecule has 0 radical (unpaired) electrons. The van der Waals surface area contributed by atoms with E-state index in [4.69, 9.17) is 12.2 Å². The quantitative estimate of drug-likeness (QED) is 0.297. The first-order chi connectivity index (χ1) is 5.72. The molecule has 0 bridgehead atoms. The van der Waals surface area contributed by atoms with Crippen molar-refractivity contribution >= 4 is 34.8 Å². The van der Waals surface area contributed by atoms with Crippen molar-refractivity contribution in [2.75, 3.05) is 12.8 Å². The first-order valence-electron chi connectivity index (χ1n) is 3.73. The molecule has 0 saturated carbocycles. The lowest BCUT2D eigenvalue weighted by Gasteiger charge is -2.14. The lowest BCUT2D eigenvalue weighted by atomic mass is 10.4. The molecule has 0 aliphatic rings. The van der Waals surface area contributed by atoms with Crippen LogP contribution in [0.5, 0.6) is 0 Å². The number of rotatable bonds is 5. The predicted octanol–water partition coefficient (Wildman–Crippen LogP) is 1.82. The second-order valence-corrected chi connectivity index (χ2v) is 3.90. The van der Waals surface area contributed by atoms with E-state index in [0.29, 0.717) is 10.8 Å². The van der Waals surface area contributed by atoms with E-state index in [0.717, 1.165) is 18.6 Å². The van der Waals surface area contributed by atoms with Crippen molar-refractivity contribution in [2.24, 2.45) is 0 Å². The Bertz CT molecular complexity index is 152. The van der Waals surface area contributed by atoms with Crippen LogP contribution < -0.4 is 0 Å². The molecule has 3 nitrogen and oxygen atoms in total. The lowest BCUT2D eigenvalue weighted by Crippen LogP contribution is -2.22. The summed E-state index contributed by atoms with van der Waals surface area (Å²) in [5, 5.41) is 1.29. The fourth-order valence-corrected chi connectivity index (χ4v) is 1.63. The second-order valence-electron chi connectivity index (χ2n) is 2.17. The van der Waals surface area contributed by atoms with Crippen molar-refractivity contribution in [2.45, 2.75) is 19.8 Å². The summed E-state index contributed by atoms with van der Waals surface area (Å²) in [5.41, 5.74) is 0. The average molecular weight is 207 g/mol. The van der Waals surface area contributed by atoms with Crippen LogP contribution in [-0.2, 0) is 9.63 Å². The Hall–Kier alpha value is -0.290. The van der Waals surface area contributed by atoms with Gasteiger partial charge in [-0.1, -0.05) is 25.1 Å². The van der Waals surface area contributed by atoms with Gasteiger partial charge in [-0.05, 0) is 18.6 Å². The number of carbonyl (C=O) groups is 1. The zero-order valence-electron chi connectivity index (χ0n) is 7.28. The molecule has 0 rings (SSSR count). The summed E-state index contributed by atoms with van der Waals surface area (Å²) in [6.07, 6.45) is 2.27. The molecule has 5 heteroatoms. The van der Waals surface area contributed by atoms with Crippen molar-refractivity contribution in [3.05, 3.63) is 0 Å². The molecule has 0 aliphatic heterocycles. The van der Waals surface area contributed by atoms with Crippen LogP contribution in [-0.4, -0.2) is 28.7 Å². The molecule has 12 heavy (non-hydrogen) atoms. The summed E-state index contributed by atoms with van der Waals surface area (Å²) in [4.78, 5) is 14.4. The van der Waals surface area contributed by atoms with E-state index >= 15 is 0 Å². The zero-order chi connectivity index (χ0) is 9.40. The monoisotopic (exact) mass is 207 g/mol. The number of nitrogens with zero attached hydrogens (tertiary/aromatic N) is 1. The molecule has 0 aliphatic carbocycles. The second kappa shape index (κ2) is 7.36. The Morgan fingerprint density at radius 1 is 1.75 bits per heavy atom. The van der Waals surface area contributed by atoms with Gasteiger partial charge in [0.15, 0.2) is 4.32 Å². The average Bonchev–Trinajstić information content (AvgIpc) is 2.05. The van der Waals surface area contributed by atoms with Gasteiger partial charge in [-0.25, -0.2) is 0 Å². The van der Waals surface area contributed by atoms with E-state index in [1.54, 1.807) is 7.05 Å². The molecule has 0 saturated heterocycles. The van der Waals surface area contributed by atoms with E-state index in [2.05, 4.69) is 11.8 Å². The molecule has 0 amide bonds. The van der Waals surface area contributed by atoms with Gasteiger partial charge in [0.1, 0.15) is 0 Å². The Morgan fingerprint density at radius 3 is 2.92 bits per heavy atom. The third kappa shape index (κ3) is 5.37. The predicted molar refractivity (Wildman–Crippen MR) is 54.9 cm³/mol. The molecule has 0 aromatic rings. The van der Waals surface area contributed by atoms with Crippen LogP contribution >= 0.6 is 24.0 Å². The number of hydrogen-bond donors (Lipinski definition) is 0. The van der Waals surface area contributed by atoms with Gasteiger partial charge in [0.25, 0.3) is 0 Å². The largest absolute Gasteiger partial charge is 0.343 e. The molecule has 0 aromatic carbocycles. The van der Waals surface area contributed by atoms with Crippen LogP contribution in [0.3, 0.4) is 0 Å². The Labute approximate surface area is 82.4 Å². The summed E-state index contributed by atoms with van der Waals surface area (Å²) >= 11 is 6.48. The summed E-state index contributed by atoms with van der Waals surface area (Å²) in [6, 6.07) is 0. The fourth-order valence-electron chi connectivity index (χ4n) is 0.502. The first kappa shape index (κ1) is 11.7. The van der Waals surface area contributed by atoms with Gasteiger partial charge in [-0.2, -0.15) is 5.06 Å². The van der Waals surface area contributed by atoms with Crippen LogP contribution in [0.4, 0.5) is 0 Å². The van der Waals surface area contributed by atoms with Crippen molar-refractivity contribution in [1.82, 2.24) is 5.06 Å². The van der Waals surface area contributed by atoms with Crippen LogP contribution in [0.25, 0.3) is 0 Å². The number of hydrogen-bond acceptors (Lipinski definition) is 4. The summed E-state index contributed by atoms with van der Waals surface area (Å²) < 4.78 is 0.593. The topological polar surface area (TPSA) is 29.5 Å². The van der Waals surface area contributed by atoms with Crippen LogP contribution in [0.15, 0.2) is 0 Å². The number of thiocarbonyl (C=S) groups is 1. The van der Waals surface area contributed by atoms with Crippen molar-refractivity contribution in [3.63, 3.8) is 0 Å². The van der Waals surface area contributed by atoms with Crippen LogP contribution in [0.2, 0.25) is 0 Å². The van der Waals surface area contributed by atoms with Gasteiger partial charge >= 0.3 is 6.47 Å². The lowest BCUT2D eigenvalue weighted by molar-refractivity contribution is -0.150. The summed E-state index contributed by atoms with van der Waals surface area (Å²) in [5.74, 6) is 0.974. The van der Waals surface area contributed by atoms with Gasteiger partial charge in [0.05, 0.1) is 0 Å². The SMILES string of the molecule is CCCCSC(=S)N(C)OC=O. The minimum atomic E-state index is 0.368. The van der Waals surface area contributed by atoms with Gasteiger partial charge in [0, 0.05) is 12.8 Å². The standard InChI is InChI=1S/C7H13NO2S2/c1-3-4-5-12-7(11)8(2)10-6-9/h6H,3-5H2,1-2H3. The van der Waals surface area contributed by atoms with Crippen LogP contribution in [0.1, 0.15) is 19.8 Å². The molecule has 0 heterocycles. The summed E-state index contributed by atoms with van der Waals surface area (Å²) in [6.45, 7) is 2.49. The molecule has 0 spiro atoms. The molecule has 0 atom stereocenters. The maximum Gasteiger partial charge on any atom is 0.320 e. The minimum absolute atomic E-state index is 0.368. The molecular formula is C7H13NO2S2. The van der Waals surface area contributed by atoms with Gasteiger partial charge in [-0.15, -0.1) is 0 Å². The van der Waals surface area contributed by atoms with Crippen molar-refractivity contribution < 1.29 is 9.63 Å². The summed E-state index contributed by atoms with van der Waals surface area (Å²) in [7, 11) is 1.62. The third-order valence-corrected chi connectivity index (χ3v) is 2.79. The van der Waals surface area contributed by atoms with Crippen molar-refractivity contribution in [1.29, 1.82) is 0 Å². The maximum atomic E-state index is 9.92. The highest BCUT2D eigenvalue weighted by molar-refractivity contribution is 8.22. The van der Waals surface area contributed by atoms with E-state index in [-0.39, 0.29) is 0 Å². The Morgan fingerprint density at radius 2 is 2.42 bits per heavy atom. The maximum absolute atomic E-state index is 9.92. The fraction of sp³-hybridized carbons (Fsp3) is 0.714. The molecular weight excluding hydrogens is 194 g/mol. The van der Waals surface area contributed by atoms with E-state index in [1.165, 1.54) is 16.8 Å². The zero-order valence-corrected chi connectivity index (χ0v) is 8.91. The molecule has 0 fully saturated rings. The van der Waals surface area contributed by atoms with Crippen molar-refractivity contribution in [3.8, 4) is 0 Å². The number of unbranched alkanes of at least 4 members (excludes halogenated alkanes) is 1. The highest BCUT2D eigenvalue weighted by atomic mass is 32.2. The van der Waals surface area contributed by atoms with Gasteiger partial charge in [-0.3, -0.25) is 4.79 Å². The minimum Gasteiger partial charge on any atom is -0.343 e. The van der Waals surface area contributed by atoms with Crippen LogP contribution in [0, 0.1) is 0 Å². The van der Waals surface area contributed by atoms with E-state index in [1.807, 2.05) is 0 Å². The highest BCUT2D eigenvalue weighted by Crippen LogP contribution is 2.10. The number of thioether (sulfide) groups is 1. The van der Waals surface area contributed by atoms with E-state index in [9.17, 15) is 4.79 Å². The number of carbonyl (C=O) groups excluding carboxylic acids is 1. The first-order valence-corrected chi connectivity index (χ1v) is 5.12. The van der Waals surface area contributed by atoms with Gasteiger partial charge in [0.2, 0.25) is 0 Å². The molecule has 70 valence electrons. The van der Waals surface area contributed by atoms with Gasteiger partial charge < -0.3 is 4.84 Å². The Balaban J connectivity index is 3.49. The third-order valence-electron chi connectivity index (χ3n) is 1.18.